The molecule has 0 aliphatic carbocycles. The van der Waals surface area contributed by atoms with Crippen LogP contribution in [0.3, 0.4) is 0 Å². The van der Waals surface area contributed by atoms with Crippen molar-refractivity contribution in [1.29, 1.82) is 0 Å². The molecular weight excluding hydrogens is 526 g/mol. The fourth-order valence-electron chi connectivity index (χ4n) is 4.07. The third-order valence-electron chi connectivity index (χ3n) is 5.95. The number of anilines is 1. The lowest BCUT2D eigenvalue weighted by Gasteiger charge is -2.39. The second kappa shape index (κ2) is 10.5. The lowest BCUT2D eigenvalue weighted by atomic mass is 10.2. The number of carbonyl (C=O) groups excluding carboxylic acids is 1. The Kier molecular flexibility index (Phi) is 7.57. The fourth-order valence-corrected chi connectivity index (χ4v) is 4.07. The Morgan fingerprint density at radius 2 is 1.79 bits per heavy atom. The maximum atomic E-state index is 13.3. The van der Waals surface area contributed by atoms with Gasteiger partial charge in [0.2, 0.25) is 11.9 Å². The Hall–Kier alpha value is -3.76. The summed E-state index contributed by atoms with van der Waals surface area (Å²) >= 11 is 0. The van der Waals surface area contributed by atoms with Crippen molar-refractivity contribution in [2.75, 3.05) is 37.7 Å². The number of carbonyl (C=O) groups is 1. The SMILES string of the molecule is CC1CN(C(=O)CCOCCn2nc(C(F)(F)F)c3c(=O)[nH]ncc32)CCN1c1ncc(C(F)(F)F)cn1. The molecule has 1 unspecified atom stereocenters. The number of rotatable bonds is 7. The van der Waals surface area contributed by atoms with E-state index in [0.717, 1.165) is 10.9 Å². The molecule has 3 aromatic heterocycles. The molecule has 4 heterocycles. The summed E-state index contributed by atoms with van der Waals surface area (Å²) in [5.74, 6) is -0.0811. The Morgan fingerprint density at radius 1 is 1.08 bits per heavy atom. The van der Waals surface area contributed by atoms with Gasteiger partial charge in [0.15, 0.2) is 5.69 Å². The lowest BCUT2D eigenvalue weighted by molar-refractivity contribution is -0.140. The summed E-state index contributed by atoms with van der Waals surface area (Å²) in [6, 6.07) is -0.252. The number of amides is 1. The molecule has 0 saturated carbocycles. The van der Waals surface area contributed by atoms with Crippen molar-refractivity contribution in [3.05, 3.63) is 40.2 Å². The van der Waals surface area contributed by atoms with Crippen LogP contribution in [0, 0.1) is 0 Å². The molecule has 1 fully saturated rings. The van der Waals surface area contributed by atoms with Crippen LogP contribution < -0.4 is 10.5 Å². The quantitative estimate of drug-likeness (QED) is 0.352. The first-order valence-electron chi connectivity index (χ1n) is 11.4. The van der Waals surface area contributed by atoms with Crippen molar-refractivity contribution in [3.63, 3.8) is 0 Å². The number of aromatic amines is 1. The van der Waals surface area contributed by atoms with Gasteiger partial charge in [-0.05, 0) is 6.92 Å². The van der Waals surface area contributed by atoms with Crippen molar-refractivity contribution in [2.24, 2.45) is 0 Å². The van der Waals surface area contributed by atoms with E-state index in [9.17, 15) is 35.9 Å². The highest BCUT2D eigenvalue weighted by Crippen LogP contribution is 2.32. The molecule has 1 saturated heterocycles. The molecular formula is C21H22F6N8O3. The number of halogens is 6. The van der Waals surface area contributed by atoms with Gasteiger partial charge in [0.1, 0.15) is 5.39 Å². The summed E-state index contributed by atoms with van der Waals surface area (Å²) in [6.07, 6.45) is -6.85. The van der Waals surface area contributed by atoms with Crippen LogP contribution in [0.15, 0.2) is 23.4 Å². The number of hydrogen-bond acceptors (Lipinski definition) is 8. The van der Waals surface area contributed by atoms with E-state index in [2.05, 4.69) is 20.2 Å². The summed E-state index contributed by atoms with van der Waals surface area (Å²) < 4.78 is 84.3. The number of ether oxygens (including phenoxy) is 1. The molecule has 1 aliphatic heterocycles. The average Bonchev–Trinajstić information content (AvgIpc) is 3.24. The zero-order valence-corrected chi connectivity index (χ0v) is 19.9. The smallest absolute Gasteiger partial charge is 0.379 e. The molecule has 0 spiro atoms. The van der Waals surface area contributed by atoms with E-state index in [1.54, 1.807) is 16.7 Å². The Morgan fingerprint density at radius 3 is 2.42 bits per heavy atom. The predicted octanol–water partition coefficient (Wildman–Crippen LogP) is 2.09. The van der Waals surface area contributed by atoms with Crippen LogP contribution in [-0.4, -0.2) is 79.6 Å². The van der Waals surface area contributed by atoms with Crippen molar-refractivity contribution in [2.45, 2.75) is 38.3 Å². The first kappa shape index (κ1) is 27.3. The Balaban J connectivity index is 1.25. The fraction of sp³-hybridized carbons (Fsp3) is 0.524. The molecule has 1 aliphatic rings. The van der Waals surface area contributed by atoms with E-state index in [-0.39, 0.29) is 49.6 Å². The standard InChI is InChI=1S/C21H22F6N8O3/c1-12-11-33(3-4-34(12)19-28-8-13(9-29-19)20(22,23)24)15(36)2-6-38-7-5-35-14-10-30-31-18(37)16(14)17(32-35)21(25,26)27/h8-10,12H,2-7,11H2,1H3,(H,31,37). The summed E-state index contributed by atoms with van der Waals surface area (Å²) in [5, 5.41) is 8.36. The average molecular weight is 548 g/mol. The molecule has 0 aromatic carbocycles. The third-order valence-corrected chi connectivity index (χ3v) is 5.95. The molecule has 17 heteroatoms. The normalized spacial score (nSPS) is 16.9. The van der Waals surface area contributed by atoms with E-state index in [1.165, 1.54) is 0 Å². The summed E-state index contributed by atoms with van der Waals surface area (Å²) in [5.41, 5.74) is -3.37. The molecule has 1 N–H and O–H groups in total. The van der Waals surface area contributed by atoms with Gasteiger partial charge in [0.05, 0.1) is 43.5 Å². The number of nitrogens with zero attached hydrogens (tertiary/aromatic N) is 7. The number of H-pyrrole nitrogens is 1. The minimum Gasteiger partial charge on any atom is -0.379 e. The van der Waals surface area contributed by atoms with E-state index in [1.807, 2.05) is 5.10 Å². The van der Waals surface area contributed by atoms with Crippen LogP contribution in [0.4, 0.5) is 32.3 Å². The van der Waals surface area contributed by atoms with Crippen LogP contribution in [0.1, 0.15) is 24.6 Å². The number of alkyl halides is 6. The van der Waals surface area contributed by atoms with Crippen LogP contribution in [0.2, 0.25) is 0 Å². The van der Waals surface area contributed by atoms with E-state index in [4.69, 9.17) is 4.74 Å². The van der Waals surface area contributed by atoms with Gasteiger partial charge in [-0.2, -0.15) is 36.5 Å². The van der Waals surface area contributed by atoms with Gasteiger partial charge in [0, 0.05) is 38.1 Å². The Bertz CT molecular complexity index is 1340. The first-order valence-corrected chi connectivity index (χ1v) is 11.4. The van der Waals surface area contributed by atoms with Gasteiger partial charge in [-0.3, -0.25) is 14.3 Å². The molecule has 1 atom stereocenters. The van der Waals surface area contributed by atoms with Crippen LogP contribution in [0.25, 0.3) is 10.9 Å². The van der Waals surface area contributed by atoms with Gasteiger partial charge < -0.3 is 14.5 Å². The maximum absolute atomic E-state index is 13.3. The molecule has 11 nitrogen and oxygen atoms in total. The van der Waals surface area contributed by atoms with Gasteiger partial charge in [-0.1, -0.05) is 0 Å². The first-order chi connectivity index (χ1) is 17.9. The van der Waals surface area contributed by atoms with Crippen molar-refractivity contribution < 1.29 is 35.9 Å². The number of fused-ring (bicyclic) bond motifs is 1. The maximum Gasteiger partial charge on any atom is 0.435 e. The zero-order chi connectivity index (χ0) is 27.7. The highest BCUT2D eigenvalue weighted by molar-refractivity contribution is 5.80. The number of piperazine rings is 1. The third kappa shape index (κ3) is 5.87. The second-order valence-corrected chi connectivity index (χ2v) is 8.54. The minimum atomic E-state index is -4.83. The highest BCUT2D eigenvalue weighted by atomic mass is 19.4. The number of hydrogen-bond donors (Lipinski definition) is 1. The Labute approximate surface area is 210 Å². The van der Waals surface area contributed by atoms with Gasteiger partial charge >= 0.3 is 12.4 Å². The topological polar surface area (TPSA) is 122 Å². The van der Waals surface area contributed by atoms with E-state index in [0.29, 0.717) is 32.0 Å². The van der Waals surface area contributed by atoms with Crippen molar-refractivity contribution in [3.8, 4) is 0 Å². The molecule has 206 valence electrons. The second-order valence-electron chi connectivity index (χ2n) is 8.54. The number of aromatic nitrogens is 6. The molecule has 3 aromatic rings. The lowest BCUT2D eigenvalue weighted by Crippen LogP contribution is -2.54. The number of nitrogens with one attached hydrogen (secondary N) is 1. The largest absolute Gasteiger partial charge is 0.435 e. The summed E-state index contributed by atoms with van der Waals surface area (Å²) in [4.78, 5) is 35.3. The van der Waals surface area contributed by atoms with Gasteiger partial charge in [-0.25, -0.2) is 15.1 Å². The molecule has 0 radical (unpaired) electrons. The summed E-state index contributed by atoms with van der Waals surface area (Å²) in [7, 11) is 0. The van der Waals surface area contributed by atoms with E-state index >= 15 is 0 Å². The zero-order valence-electron chi connectivity index (χ0n) is 19.9. The monoisotopic (exact) mass is 548 g/mol. The van der Waals surface area contributed by atoms with Crippen molar-refractivity contribution >= 4 is 22.8 Å². The molecule has 4 rings (SSSR count). The van der Waals surface area contributed by atoms with Crippen LogP contribution in [-0.2, 0) is 28.4 Å². The molecule has 1 amide bonds. The summed E-state index contributed by atoms with van der Waals surface area (Å²) in [6.45, 7) is 2.54. The molecule has 38 heavy (non-hydrogen) atoms. The minimum absolute atomic E-state index is 0.000390. The van der Waals surface area contributed by atoms with Gasteiger partial charge in [-0.15, -0.1) is 0 Å². The van der Waals surface area contributed by atoms with Crippen LogP contribution >= 0.6 is 0 Å². The van der Waals surface area contributed by atoms with Crippen LogP contribution in [0.5, 0.6) is 0 Å². The predicted molar refractivity (Wildman–Crippen MR) is 119 cm³/mol. The van der Waals surface area contributed by atoms with E-state index < -0.39 is 34.6 Å². The van der Waals surface area contributed by atoms with Crippen molar-refractivity contribution in [1.82, 2.24) is 34.8 Å². The van der Waals surface area contributed by atoms with Gasteiger partial charge in [0.25, 0.3) is 5.56 Å². The highest BCUT2D eigenvalue weighted by Gasteiger charge is 2.38. The molecule has 0 bridgehead atoms.